The normalized spacial score (nSPS) is 44.9. The molecule has 4 fully saturated rings. The highest BCUT2D eigenvalue weighted by Gasteiger charge is 2.57. The first kappa shape index (κ1) is 12.2. The van der Waals surface area contributed by atoms with Gasteiger partial charge >= 0.3 is 0 Å². The quantitative estimate of drug-likeness (QED) is 0.749. The second-order valence-electron chi connectivity index (χ2n) is 6.95. The Morgan fingerprint density at radius 1 is 1.33 bits per heavy atom. The fourth-order valence-electron chi connectivity index (χ4n) is 5.20. The fourth-order valence-corrected chi connectivity index (χ4v) is 5.20. The lowest BCUT2D eigenvalue weighted by molar-refractivity contribution is -0.169. The maximum atomic E-state index is 12.0. The van der Waals surface area contributed by atoms with Gasteiger partial charge in [-0.15, -0.1) is 6.58 Å². The summed E-state index contributed by atoms with van der Waals surface area (Å²) in [5, 5.41) is 13.5. The summed E-state index contributed by atoms with van der Waals surface area (Å²) < 4.78 is 0. The van der Waals surface area contributed by atoms with Crippen LogP contribution in [0.3, 0.4) is 0 Å². The molecule has 2 atom stereocenters. The van der Waals surface area contributed by atoms with Crippen LogP contribution in [0.2, 0.25) is 0 Å². The van der Waals surface area contributed by atoms with Crippen LogP contribution in [0.25, 0.3) is 0 Å². The summed E-state index contributed by atoms with van der Waals surface area (Å²) in [5.74, 6) is 1.44. The van der Waals surface area contributed by atoms with E-state index in [1.54, 1.807) is 6.08 Å². The van der Waals surface area contributed by atoms with Crippen molar-refractivity contribution in [1.82, 2.24) is 5.32 Å². The van der Waals surface area contributed by atoms with Gasteiger partial charge in [0.2, 0.25) is 5.91 Å². The van der Waals surface area contributed by atoms with Gasteiger partial charge in [0.05, 0.1) is 5.60 Å². The number of aliphatic hydroxyl groups is 1. The van der Waals surface area contributed by atoms with E-state index in [0.717, 1.165) is 32.1 Å². The Morgan fingerprint density at radius 2 is 2.00 bits per heavy atom. The average Bonchev–Trinajstić information content (AvgIpc) is 2.21. The molecule has 0 aromatic heterocycles. The van der Waals surface area contributed by atoms with Gasteiger partial charge in [0.15, 0.2) is 0 Å². The van der Waals surface area contributed by atoms with E-state index in [4.69, 9.17) is 0 Å². The van der Waals surface area contributed by atoms with Gasteiger partial charge in [0.1, 0.15) is 0 Å². The molecule has 0 spiro atoms. The third kappa shape index (κ3) is 2.09. The van der Waals surface area contributed by atoms with Crippen molar-refractivity contribution in [2.24, 2.45) is 17.3 Å². The van der Waals surface area contributed by atoms with Crippen molar-refractivity contribution in [3.05, 3.63) is 12.7 Å². The Balaban J connectivity index is 1.71. The predicted octanol–water partition coefficient (Wildman–Crippen LogP) is 2.01. The Morgan fingerprint density at radius 3 is 2.56 bits per heavy atom. The summed E-state index contributed by atoms with van der Waals surface area (Å²) in [4.78, 5) is 12.0. The zero-order chi connectivity index (χ0) is 12.8. The molecule has 0 aromatic carbocycles. The Kier molecular flexibility index (Phi) is 2.77. The largest absolute Gasteiger partial charge is 0.390 e. The lowest BCUT2D eigenvalue weighted by Gasteiger charge is -2.60. The van der Waals surface area contributed by atoms with Crippen LogP contribution >= 0.6 is 0 Å². The first-order chi connectivity index (χ1) is 8.53. The first-order valence-corrected chi connectivity index (χ1v) is 7.13. The molecule has 4 aliphatic rings. The molecular weight excluding hydrogens is 226 g/mol. The lowest BCUT2D eigenvalue weighted by atomic mass is 9.47. The number of carbonyl (C=O) groups excluding carboxylic acids is 1. The van der Waals surface area contributed by atoms with Gasteiger partial charge in [-0.2, -0.15) is 0 Å². The molecule has 4 saturated carbocycles. The highest BCUT2D eigenvalue weighted by Crippen LogP contribution is 2.62. The Labute approximate surface area is 109 Å². The van der Waals surface area contributed by atoms with Crippen LogP contribution in [0.1, 0.15) is 44.9 Å². The minimum atomic E-state index is -0.456. The number of hydrogen-bond acceptors (Lipinski definition) is 2. The highest BCUT2D eigenvalue weighted by atomic mass is 16.3. The molecule has 1 amide bonds. The summed E-state index contributed by atoms with van der Waals surface area (Å²) in [7, 11) is 0. The molecule has 3 heteroatoms. The number of carbonyl (C=O) groups is 1. The van der Waals surface area contributed by atoms with Gasteiger partial charge in [-0.1, -0.05) is 6.08 Å². The van der Waals surface area contributed by atoms with E-state index in [1.165, 1.54) is 6.42 Å². The van der Waals surface area contributed by atoms with E-state index in [9.17, 15) is 9.90 Å². The van der Waals surface area contributed by atoms with Crippen LogP contribution in [0.5, 0.6) is 0 Å². The van der Waals surface area contributed by atoms with Gasteiger partial charge in [0, 0.05) is 13.0 Å². The fraction of sp³-hybridized carbons (Fsp3) is 0.800. The molecule has 2 N–H and O–H groups in total. The van der Waals surface area contributed by atoms with E-state index in [2.05, 4.69) is 11.9 Å². The maximum absolute atomic E-state index is 12.0. The third-order valence-corrected chi connectivity index (χ3v) is 5.13. The van der Waals surface area contributed by atoms with E-state index >= 15 is 0 Å². The molecule has 0 unspecified atom stereocenters. The first-order valence-electron chi connectivity index (χ1n) is 7.13. The van der Waals surface area contributed by atoms with Crippen LogP contribution in [-0.4, -0.2) is 23.2 Å². The molecule has 0 heterocycles. The van der Waals surface area contributed by atoms with E-state index < -0.39 is 5.60 Å². The van der Waals surface area contributed by atoms with Crippen LogP contribution in [0, 0.1) is 17.3 Å². The van der Waals surface area contributed by atoms with Crippen molar-refractivity contribution in [2.75, 3.05) is 6.54 Å². The molecular formula is C15H23NO2. The molecule has 0 aromatic rings. The van der Waals surface area contributed by atoms with Crippen molar-refractivity contribution < 1.29 is 9.90 Å². The molecule has 3 nitrogen and oxygen atoms in total. The lowest BCUT2D eigenvalue weighted by Crippen LogP contribution is -2.56. The smallest absolute Gasteiger partial charge is 0.220 e. The maximum Gasteiger partial charge on any atom is 0.220 e. The van der Waals surface area contributed by atoms with E-state index in [-0.39, 0.29) is 11.3 Å². The number of hydrogen-bond donors (Lipinski definition) is 2. The standard InChI is InChI=1S/C15H23NO2/c1-2-3-16-13(17)9-14-5-11-4-12(6-14)8-15(18,7-11)10-14/h2,11-12,18H,1,3-10H2,(H,16,17)/t11-,12-,14?,15?/m0/s1. The van der Waals surface area contributed by atoms with Crippen molar-refractivity contribution in [1.29, 1.82) is 0 Å². The minimum absolute atomic E-state index is 0.0874. The van der Waals surface area contributed by atoms with Crippen molar-refractivity contribution in [3.63, 3.8) is 0 Å². The van der Waals surface area contributed by atoms with E-state index in [1.807, 2.05) is 0 Å². The predicted molar refractivity (Wildman–Crippen MR) is 69.9 cm³/mol. The van der Waals surface area contributed by atoms with Gasteiger partial charge < -0.3 is 10.4 Å². The van der Waals surface area contributed by atoms with Crippen LogP contribution in [-0.2, 0) is 4.79 Å². The number of rotatable bonds is 4. The van der Waals surface area contributed by atoms with Gasteiger partial charge in [-0.25, -0.2) is 0 Å². The highest BCUT2D eigenvalue weighted by molar-refractivity contribution is 5.77. The summed E-state index contributed by atoms with van der Waals surface area (Å²) in [6.07, 6.45) is 8.66. The number of amides is 1. The Hall–Kier alpha value is -0.830. The molecule has 4 aliphatic carbocycles. The third-order valence-electron chi connectivity index (χ3n) is 5.13. The molecule has 4 rings (SSSR count). The molecule has 18 heavy (non-hydrogen) atoms. The summed E-state index contributed by atoms with van der Waals surface area (Å²) in [6.45, 7) is 4.16. The SMILES string of the molecule is C=CCNC(=O)CC12C[C@@H]3C[C@H](CC(O)(C3)C1)C2. The van der Waals surface area contributed by atoms with Crippen LogP contribution in [0.15, 0.2) is 12.7 Å². The number of nitrogens with one attached hydrogen (secondary N) is 1. The minimum Gasteiger partial charge on any atom is -0.390 e. The van der Waals surface area contributed by atoms with Gasteiger partial charge in [-0.05, 0) is 55.8 Å². The summed E-state index contributed by atoms with van der Waals surface area (Å²) in [5.41, 5.74) is -0.368. The topological polar surface area (TPSA) is 49.3 Å². The summed E-state index contributed by atoms with van der Waals surface area (Å²) >= 11 is 0. The second kappa shape index (κ2) is 4.09. The monoisotopic (exact) mass is 249 g/mol. The molecule has 0 saturated heterocycles. The zero-order valence-electron chi connectivity index (χ0n) is 11.0. The Bertz CT molecular complexity index is 363. The van der Waals surface area contributed by atoms with Gasteiger partial charge in [0.25, 0.3) is 0 Å². The second-order valence-corrected chi connectivity index (χ2v) is 6.95. The molecule has 0 radical (unpaired) electrons. The van der Waals surface area contributed by atoms with Gasteiger partial charge in [-0.3, -0.25) is 4.79 Å². The molecule has 100 valence electrons. The van der Waals surface area contributed by atoms with Crippen molar-refractivity contribution >= 4 is 5.91 Å². The van der Waals surface area contributed by atoms with E-state index in [0.29, 0.717) is 24.8 Å². The van der Waals surface area contributed by atoms with Crippen LogP contribution in [0.4, 0.5) is 0 Å². The summed E-state index contributed by atoms with van der Waals surface area (Å²) in [6, 6.07) is 0. The van der Waals surface area contributed by atoms with Crippen molar-refractivity contribution in [3.8, 4) is 0 Å². The zero-order valence-corrected chi connectivity index (χ0v) is 11.0. The van der Waals surface area contributed by atoms with Crippen molar-refractivity contribution in [2.45, 2.75) is 50.5 Å². The van der Waals surface area contributed by atoms with Crippen LogP contribution < -0.4 is 5.32 Å². The average molecular weight is 249 g/mol. The molecule has 0 aliphatic heterocycles. The molecule has 4 bridgehead atoms.